The lowest BCUT2D eigenvalue weighted by atomic mass is 10.2. The fraction of sp³-hybridized carbons (Fsp3) is 0.0556. The second-order valence-corrected chi connectivity index (χ2v) is 8.00. The number of aryl methyl sites for hydroxylation is 1. The van der Waals surface area contributed by atoms with Crippen molar-refractivity contribution in [2.24, 2.45) is 0 Å². The van der Waals surface area contributed by atoms with Gasteiger partial charge in [-0.2, -0.15) is 0 Å². The van der Waals surface area contributed by atoms with Gasteiger partial charge < -0.3 is 4.98 Å². The lowest BCUT2D eigenvalue weighted by molar-refractivity contribution is -0.387. The molecule has 28 heavy (non-hydrogen) atoms. The molecular weight excluding hydrogens is 398 g/mol. The Morgan fingerprint density at radius 1 is 1.25 bits per heavy atom. The number of hydrogen-bond donors (Lipinski definition) is 2. The number of carbonyl (C=O) groups is 1. The number of hydrogen-bond acceptors (Lipinski definition) is 7. The van der Waals surface area contributed by atoms with Crippen LogP contribution in [-0.2, 0) is 0 Å². The van der Waals surface area contributed by atoms with Crippen molar-refractivity contribution < 1.29 is 9.72 Å². The Morgan fingerprint density at radius 2 is 2.07 bits per heavy atom. The number of fused-ring (bicyclic) bond motifs is 1. The maximum absolute atomic E-state index is 12.5. The molecule has 0 radical (unpaired) electrons. The van der Waals surface area contributed by atoms with Gasteiger partial charge >= 0.3 is 0 Å². The number of carbonyl (C=O) groups excluding carboxylic acids is 1. The highest BCUT2D eigenvalue weighted by Gasteiger charge is 2.20. The van der Waals surface area contributed by atoms with Crippen LogP contribution < -0.4 is 5.32 Å². The highest BCUT2D eigenvalue weighted by molar-refractivity contribution is 8.01. The van der Waals surface area contributed by atoms with E-state index in [9.17, 15) is 14.9 Å². The molecule has 0 bridgehead atoms. The molecule has 4 aromatic rings. The van der Waals surface area contributed by atoms with E-state index in [1.807, 2.05) is 36.6 Å². The maximum Gasteiger partial charge on any atom is 0.284 e. The molecule has 8 nitrogen and oxygen atoms in total. The van der Waals surface area contributed by atoms with Gasteiger partial charge in [-0.15, -0.1) is 11.3 Å². The molecule has 0 saturated carbocycles. The van der Waals surface area contributed by atoms with E-state index in [1.165, 1.54) is 29.2 Å². The molecule has 1 amide bonds. The molecule has 4 rings (SSSR count). The van der Waals surface area contributed by atoms with Crippen molar-refractivity contribution >= 4 is 51.7 Å². The average Bonchev–Trinajstić information content (AvgIpc) is 3.26. The van der Waals surface area contributed by atoms with E-state index in [2.05, 4.69) is 20.3 Å². The van der Waals surface area contributed by atoms with Crippen LogP contribution >= 0.6 is 23.1 Å². The Kier molecular flexibility index (Phi) is 4.80. The summed E-state index contributed by atoms with van der Waals surface area (Å²) in [7, 11) is 0. The number of para-hydroxylation sites is 2. The van der Waals surface area contributed by atoms with E-state index in [0.717, 1.165) is 11.2 Å². The number of H-pyrrole nitrogens is 1. The van der Waals surface area contributed by atoms with Crippen molar-refractivity contribution in [3.05, 3.63) is 69.2 Å². The Balaban J connectivity index is 1.59. The number of rotatable bonds is 5. The fourth-order valence-electron chi connectivity index (χ4n) is 2.55. The van der Waals surface area contributed by atoms with Crippen LogP contribution in [0.4, 0.5) is 11.6 Å². The molecule has 140 valence electrons. The molecule has 0 saturated heterocycles. The third kappa shape index (κ3) is 3.73. The summed E-state index contributed by atoms with van der Waals surface area (Å²) in [5.41, 5.74) is 2.39. The summed E-state index contributed by atoms with van der Waals surface area (Å²) in [4.78, 5) is 35.5. The summed E-state index contributed by atoms with van der Waals surface area (Å²) in [5.74, 6) is -0.200. The molecule has 2 N–H and O–H groups in total. The molecule has 0 fully saturated rings. The highest BCUT2D eigenvalue weighted by Crippen LogP contribution is 2.36. The SMILES string of the molecule is Cc1csc(Sc2ccc(C(=O)Nc3nc4ccccc4[nH]3)cc2[N+](=O)[O-])n1. The molecule has 0 atom stereocenters. The zero-order chi connectivity index (χ0) is 19.7. The lowest BCUT2D eigenvalue weighted by Crippen LogP contribution is -2.13. The lowest BCUT2D eigenvalue weighted by Gasteiger charge is -2.05. The number of nitro benzene ring substituents is 1. The molecule has 0 aliphatic heterocycles. The Hall–Kier alpha value is -3.24. The molecular formula is C18H13N5O3S2. The second-order valence-electron chi connectivity index (χ2n) is 5.85. The molecule has 0 unspecified atom stereocenters. The monoisotopic (exact) mass is 411 g/mol. The first-order valence-corrected chi connectivity index (χ1v) is 9.84. The van der Waals surface area contributed by atoms with Crippen molar-refractivity contribution in [3.8, 4) is 0 Å². The van der Waals surface area contributed by atoms with Crippen LogP contribution in [-0.4, -0.2) is 25.8 Å². The molecule has 2 aromatic heterocycles. The predicted molar refractivity (Wildman–Crippen MR) is 108 cm³/mol. The van der Waals surface area contributed by atoms with E-state index in [1.54, 1.807) is 12.1 Å². The third-order valence-electron chi connectivity index (χ3n) is 3.83. The number of amides is 1. The molecule has 10 heteroatoms. The summed E-state index contributed by atoms with van der Waals surface area (Å²) < 4.78 is 0.708. The number of nitrogens with zero attached hydrogens (tertiary/aromatic N) is 3. The molecule has 2 aromatic carbocycles. The van der Waals surface area contributed by atoms with Crippen molar-refractivity contribution in [1.82, 2.24) is 15.0 Å². The van der Waals surface area contributed by atoms with Crippen LogP contribution in [0.5, 0.6) is 0 Å². The van der Waals surface area contributed by atoms with Gasteiger partial charge in [-0.3, -0.25) is 20.2 Å². The minimum absolute atomic E-state index is 0.143. The van der Waals surface area contributed by atoms with Gasteiger partial charge in [-0.1, -0.05) is 23.9 Å². The van der Waals surface area contributed by atoms with Crippen LogP contribution in [0.3, 0.4) is 0 Å². The van der Waals surface area contributed by atoms with Gasteiger partial charge in [0.1, 0.15) is 0 Å². The number of anilines is 1. The minimum Gasteiger partial charge on any atom is -0.324 e. The van der Waals surface area contributed by atoms with Crippen LogP contribution in [0.2, 0.25) is 0 Å². The summed E-state index contributed by atoms with van der Waals surface area (Å²) in [5, 5.41) is 16.0. The van der Waals surface area contributed by atoms with Gasteiger partial charge in [0, 0.05) is 22.7 Å². The summed E-state index contributed by atoms with van der Waals surface area (Å²) >= 11 is 2.62. The average molecular weight is 411 g/mol. The first-order valence-electron chi connectivity index (χ1n) is 8.14. The molecule has 0 aliphatic carbocycles. The zero-order valence-electron chi connectivity index (χ0n) is 14.5. The minimum atomic E-state index is -0.499. The predicted octanol–water partition coefficient (Wildman–Crippen LogP) is 4.64. The largest absolute Gasteiger partial charge is 0.324 e. The van der Waals surface area contributed by atoms with E-state index < -0.39 is 10.8 Å². The summed E-state index contributed by atoms with van der Waals surface area (Å²) in [6.45, 7) is 1.86. The van der Waals surface area contributed by atoms with Gasteiger partial charge in [-0.05, 0) is 31.2 Å². The van der Waals surface area contributed by atoms with E-state index in [0.29, 0.717) is 14.8 Å². The number of aromatic nitrogens is 3. The maximum atomic E-state index is 12.5. The van der Waals surface area contributed by atoms with Gasteiger partial charge in [0.05, 0.1) is 20.9 Å². The summed E-state index contributed by atoms with van der Waals surface area (Å²) in [6.07, 6.45) is 0. The van der Waals surface area contributed by atoms with E-state index in [-0.39, 0.29) is 17.2 Å². The Morgan fingerprint density at radius 3 is 2.79 bits per heavy atom. The summed E-state index contributed by atoms with van der Waals surface area (Å²) in [6, 6.07) is 11.7. The van der Waals surface area contributed by atoms with E-state index >= 15 is 0 Å². The zero-order valence-corrected chi connectivity index (χ0v) is 16.1. The number of imidazole rings is 1. The number of nitrogens with one attached hydrogen (secondary N) is 2. The third-order valence-corrected chi connectivity index (χ3v) is 5.96. The number of benzene rings is 2. The first kappa shape index (κ1) is 18.1. The topological polar surface area (TPSA) is 114 Å². The van der Waals surface area contributed by atoms with E-state index in [4.69, 9.17) is 0 Å². The van der Waals surface area contributed by atoms with Crippen molar-refractivity contribution in [2.75, 3.05) is 5.32 Å². The van der Waals surface area contributed by atoms with Crippen LogP contribution in [0.25, 0.3) is 11.0 Å². The van der Waals surface area contributed by atoms with Gasteiger partial charge in [0.25, 0.3) is 11.6 Å². The number of aromatic amines is 1. The van der Waals surface area contributed by atoms with Crippen molar-refractivity contribution in [1.29, 1.82) is 0 Å². The molecule has 0 spiro atoms. The smallest absolute Gasteiger partial charge is 0.284 e. The number of nitro groups is 1. The molecule has 0 aliphatic rings. The van der Waals surface area contributed by atoms with Crippen LogP contribution in [0.15, 0.2) is 57.1 Å². The van der Waals surface area contributed by atoms with Crippen LogP contribution in [0, 0.1) is 17.0 Å². The van der Waals surface area contributed by atoms with Gasteiger partial charge in [0.2, 0.25) is 5.95 Å². The normalized spacial score (nSPS) is 10.9. The Labute approximate surface area is 167 Å². The highest BCUT2D eigenvalue weighted by atomic mass is 32.2. The van der Waals surface area contributed by atoms with Gasteiger partial charge in [0.15, 0.2) is 4.34 Å². The van der Waals surface area contributed by atoms with Crippen molar-refractivity contribution in [2.45, 2.75) is 16.2 Å². The number of thiazole rings is 1. The standard InChI is InChI=1S/C18H13N5O3S2/c1-10-9-27-18(19-10)28-15-7-6-11(8-14(15)23(25)26)16(24)22-17-20-12-4-2-3-5-13(12)21-17/h2-9H,1H3,(H2,20,21,22,24). The first-order chi connectivity index (χ1) is 13.5. The quantitative estimate of drug-likeness (QED) is 0.365. The second kappa shape index (κ2) is 7.41. The van der Waals surface area contributed by atoms with Crippen molar-refractivity contribution in [3.63, 3.8) is 0 Å². The van der Waals surface area contributed by atoms with Crippen LogP contribution in [0.1, 0.15) is 16.1 Å². The fourth-order valence-corrected chi connectivity index (χ4v) is 4.43. The molecule has 2 heterocycles. The Bertz CT molecular complexity index is 1170. The van der Waals surface area contributed by atoms with Gasteiger partial charge in [-0.25, -0.2) is 9.97 Å².